The number of aliphatic carboxylic acids is 1. The van der Waals surface area contributed by atoms with E-state index in [1.807, 2.05) is 22.8 Å². The topological polar surface area (TPSA) is 151 Å². The number of nitrogens with two attached hydrogens (primary N) is 2. The van der Waals surface area contributed by atoms with Crippen LogP contribution in [0.2, 0.25) is 0 Å². The van der Waals surface area contributed by atoms with Crippen LogP contribution in [0.15, 0.2) is 49.1 Å². The number of nitrogens with zero attached hydrogens (tertiary/aromatic N) is 4. The number of anilines is 2. The van der Waals surface area contributed by atoms with Gasteiger partial charge < -0.3 is 30.4 Å². The van der Waals surface area contributed by atoms with Crippen LogP contribution >= 0.6 is 0 Å². The summed E-state index contributed by atoms with van der Waals surface area (Å²) in [5.41, 5.74) is 16.2. The van der Waals surface area contributed by atoms with E-state index in [0.717, 1.165) is 22.1 Å². The Morgan fingerprint density at radius 3 is 1.76 bits per heavy atom. The first-order valence-corrected chi connectivity index (χ1v) is 9.56. The van der Waals surface area contributed by atoms with E-state index in [9.17, 15) is 9.59 Å². The summed E-state index contributed by atoms with van der Waals surface area (Å²) in [5, 5.41) is 8.58. The summed E-state index contributed by atoms with van der Waals surface area (Å²) in [6.07, 6.45) is 3.75. The fraction of sp³-hybridized carbons (Fsp3) is 0.304. The number of carbonyl (C=O) groups excluding carboxylic acids is 1. The highest BCUT2D eigenvalue weighted by Gasteiger charge is 2.06. The second-order valence-corrected chi connectivity index (χ2v) is 6.84. The first-order chi connectivity index (χ1) is 14.9. The Labute approximate surface area is 192 Å². The predicted octanol–water partition coefficient (Wildman–Crippen LogP) is 3.55. The van der Waals surface area contributed by atoms with Crippen LogP contribution in [0, 0.1) is 0 Å². The van der Waals surface area contributed by atoms with Gasteiger partial charge in [-0.15, -0.1) is 0 Å². The van der Waals surface area contributed by atoms with Crippen molar-refractivity contribution in [2.75, 3.05) is 18.6 Å². The number of ether oxygens (including phenoxy) is 1. The average molecular weight is 457 g/mol. The number of hydrogen-bond donors (Lipinski definition) is 3. The lowest BCUT2D eigenvalue weighted by atomic mass is 10.3. The van der Waals surface area contributed by atoms with Crippen LogP contribution in [0.25, 0.3) is 22.1 Å². The fourth-order valence-corrected chi connectivity index (χ4v) is 3.03. The van der Waals surface area contributed by atoms with Crippen molar-refractivity contribution in [1.29, 1.82) is 0 Å². The van der Waals surface area contributed by atoms with Crippen molar-refractivity contribution in [3.8, 4) is 0 Å². The smallest absolute Gasteiger partial charge is 0.307 e. The third-order valence-corrected chi connectivity index (χ3v) is 4.64. The number of aromatic nitrogens is 4. The molecule has 2 aromatic carbocycles. The average Bonchev–Trinajstić information content (AvgIpc) is 3.34. The van der Waals surface area contributed by atoms with Crippen LogP contribution in [0.5, 0.6) is 0 Å². The molecule has 2 heterocycles. The van der Waals surface area contributed by atoms with E-state index in [4.69, 9.17) is 16.6 Å². The van der Waals surface area contributed by atoms with Crippen LogP contribution < -0.4 is 11.5 Å². The van der Waals surface area contributed by atoms with Gasteiger partial charge in [-0.05, 0) is 36.4 Å². The summed E-state index contributed by atoms with van der Waals surface area (Å²) in [6.45, 7) is 0.960. The lowest BCUT2D eigenvalue weighted by molar-refractivity contribution is -0.141. The number of nitrogen functional groups attached to an aromatic ring is 2. The van der Waals surface area contributed by atoms with Crippen molar-refractivity contribution in [2.45, 2.75) is 40.8 Å². The monoisotopic (exact) mass is 456 g/mol. The highest BCUT2D eigenvalue weighted by Crippen LogP contribution is 2.17. The number of fused-ring (bicyclic) bond motifs is 2. The van der Waals surface area contributed by atoms with Crippen molar-refractivity contribution in [1.82, 2.24) is 19.1 Å². The van der Waals surface area contributed by atoms with Gasteiger partial charge in [0, 0.05) is 24.5 Å². The van der Waals surface area contributed by atoms with E-state index in [2.05, 4.69) is 14.7 Å². The second-order valence-electron chi connectivity index (χ2n) is 6.84. The fourth-order valence-electron chi connectivity index (χ4n) is 3.03. The Morgan fingerprint density at radius 2 is 1.33 bits per heavy atom. The number of esters is 1. The maximum absolute atomic E-state index is 11.0. The van der Waals surface area contributed by atoms with Crippen molar-refractivity contribution in [3.05, 3.63) is 49.1 Å². The molecule has 0 aliphatic rings. The molecule has 33 heavy (non-hydrogen) atoms. The van der Waals surface area contributed by atoms with E-state index < -0.39 is 5.97 Å². The molecular formula is C23H32N6O4. The van der Waals surface area contributed by atoms with Crippen LogP contribution in [0.4, 0.5) is 11.4 Å². The molecule has 0 aliphatic heterocycles. The molecule has 10 nitrogen and oxygen atoms in total. The van der Waals surface area contributed by atoms with E-state index >= 15 is 0 Å². The lowest BCUT2D eigenvalue weighted by Gasteiger charge is -2.03. The maximum atomic E-state index is 11.0. The molecule has 0 bridgehead atoms. The Morgan fingerprint density at radius 1 is 0.879 bits per heavy atom. The van der Waals surface area contributed by atoms with E-state index in [1.54, 1.807) is 35.4 Å². The van der Waals surface area contributed by atoms with Gasteiger partial charge in [-0.1, -0.05) is 14.9 Å². The SMILES string of the molecule is C.C.COC(=O)CCn1cnc2ccc(N)cc21.Nc1ccc2ncn(CCC(=O)O)c2c1. The van der Waals surface area contributed by atoms with Crippen LogP contribution in [-0.2, 0) is 27.4 Å². The number of carboxylic acids is 1. The normalized spacial score (nSPS) is 9.97. The van der Waals surface area contributed by atoms with E-state index in [0.29, 0.717) is 30.9 Å². The standard InChI is InChI=1S/C11H13N3O2.C10H11N3O2.2CH4/c1-16-11(15)4-5-14-7-13-9-3-2-8(12)6-10(9)14;11-7-1-2-8-9(5-7)13(6-12-8)4-3-10(14)15;;/h2-3,6-7H,4-5,12H2,1H3;1-2,5-6H,3-4,11H2,(H,14,15);2*1H4. The quantitative estimate of drug-likeness (QED) is 0.294. The minimum Gasteiger partial charge on any atom is -0.481 e. The molecule has 2 aromatic heterocycles. The molecule has 0 spiro atoms. The van der Waals surface area contributed by atoms with Gasteiger partial charge in [0.25, 0.3) is 0 Å². The van der Waals surface area contributed by atoms with Crippen molar-refractivity contribution >= 4 is 45.4 Å². The number of rotatable bonds is 6. The zero-order chi connectivity index (χ0) is 22.4. The Balaban J connectivity index is 0.000000312. The number of methoxy groups -OCH3 is 1. The number of benzene rings is 2. The molecule has 0 fully saturated rings. The minimum atomic E-state index is -0.819. The molecule has 4 rings (SSSR count). The zero-order valence-corrected chi connectivity index (χ0v) is 17.1. The first kappa shape index (κ1) is 27.0. The van der Waals surface area contributed by atoms with Gasteiger partial charge in [-0.3, -0.25) is 9.59 Å². The molecule has 0 amide bonds. The molecule has 10 heteroatoms. The predicted molar refractivity (Wildman–Crippen MR) is 131 cm³/mol. The van der Waals surface area contributed by atoms with Crippen LogP contribution in [0.3, 0.4) is 0 Å². The molecular weight excluding hydrogens is 424 g/mol. The van der Waals surface area contributed by atoms with Crippen LogP contribution in [-0.4, -0.2) is 43.3 Å². The van der Waals surface area contributed by atoms with E-state index in [-0.39, 0.29) is 27.2 Å². The minimum absolute atomic E-state index is 0. The van der Waals surface area contributed by atoms with Crippen molar-refractivity contribution < 1.29 is 19.4 Å². The number of imidazole rings is 2. The van der Waals surface area contributed by atoms with Gasteiger partial charge in [0.05, 0.1) is 54.7 Å². The second kappa shape index (κ2) is 12.1. The highest BCUT2D eigenvalue weighted by atomic mass is 16.5. The van der Waals surface area contributed by atoms with Crippen LogP contribution in [0.1, 0.15) is 27.7 Å². The summed E-state index contributed by atoms with van der Waals surface area (Å²) < 4.78 is 8.27. The summed E-state index contributed by atoms with van der Waals surface area (Å²) >= 11 is 0. The molecule has 4 aromatic rings. The molecule has 0 saturated carbocycles. The van der Waals surface area contributed by atoms with Gasteiger partial charge in [-0.2, -0.15) is 0 Å². The van der Waals surface area contributed by atoms with Gasteiger partial charge in [0.2, 0.25) is 0 Å². The third-order valence-electron chi connectivity index (χ3n) is 4.64. The highest BCUT2D eigenvalue weighted by molar-refractivity contribution is 5.80. The number of hydrogen-bond acceptors (Lipinski definition) is 7. The molecule has 0 unspecified atom stereocenters. The largest absolute Gasteiger partial charge is 0.481 e. The van der Waals surface area contributed by atoms with Gasteiger partial charge >= 0.3 is 11.9 Å². The summed E-state index contributed by atoms with van der Waals surface area (Å²) in [5.74, 6) is -1.05. The molecule has 0 radical (unpaired) electrons. The molecule has 178 valence electrons. The number of carboxylic acid groups (broad SMARTS) is 1. The summed E-state index contributed by atoms with van der Waals surface area (Å²) in [4.78, 5) is 29.8. The third kappa shape index (κ3) is 6.96. The Bertz CT molecular complexity index is 1210. The summed E-state index contributed by atoms with van der Waals surface area (Å²) in [6, 6.07) is 10.9. The van der Waals surface area contributed by atoms with Crippen molar-refractivity contribution in [3.63, 3.8) is 0 Å². The molecule has 0 atom stereocenters. The molecule has 0 saturated heterocycles. The summed E-state index contributed by atoms with van der Waals surface area (Å²) in [7, 11) is 1.38. The lowest BCUT2D eigenvalue weighted by Crippen LogP contribution is -2.06. The number of carbonyl (C=O) groups is 2. The first-order valence-electron chi connectivity index (χ1n) is 9.56. The van der Waals surface area contributed by atoms with Gasteiger partial charge in [-0.25, -0.2) is 9.97 Å². The number of aryl methyl sites for hydroxylation is 2. The molecule has 0 aliphatic carbocycles. The zero-order valence-electron chi connectivity index (χ0n) is 17.1. The van der Waals surface area contributed by atoms with E-state index in [1.165, 1.54) is 7.11 Å². The molecule has 5 N–H and O–H groups in total. The van der Waals surface area contributed by atoms with Gasteiger partial charge in [0.15, 0.2) is 0 Å². The van der Waals surface area contributed by atoms with Gasteiger partial charge in [0.1, 0.15) is 0 Å². The van der Waals surface area contributed by atoms with Crippen molar-refractivity contribution in [2.24, 2.45) is 0 Å². The Hall–Kier alpha value is -4.08. The maximum Gasteiger partial charge on any atom is 0.307 e. The Kier molecular flexibility index (Phi) is 9.87.